The van der Waals surface area contributed by atoms with E-state index < -0.39 is 10.8 Å². The van der Waals surface area contributed by atoms with Gasteiger partial charge in [-0.05, 0) is 37.5 Å². The van der Waals surface area contributed by atoms with E-state index in [2.05, 4.69) is 51.7 Å². The molecule has 1 aliphatic heterocycles. The molecular formula is C23H33IN4OS. The fraction of sp³-hybridized carbons (Fsp3) is 0.435. The van der Waals surface area contributed by atoms with Crippen LogP contribution in [0, 0.1) is 6.92 Å². The number of piperidine rings is 1. The zero-order chi connectivity index (χ0) is 20.5. The van der Waals surface area contributed by atoms with E-state index in [-0.39, 0.29) is 24.0 Å². The van der Waals surface area contributed by atoms with Crippen LogP contribution in [0.25, 0.3) is 0 Å². The molecule has 30 heavy (non-hydrogen) atoms. The van der Waals surface area contributed by atoms with Gasteiger partial charge in [0.25, 0.3) is 0 Å². The third kappa shape index (κ3) is 7.91. The Labute approximate surface area is 200 Å². The molecule has 2 N–H and O–H groups in total. The van der Waals surface area contributed by atoms with E-state index >= 15 is 0 Å². The zero-order valence-corrected chi connectivity index (χ0v) is 21.0. The van der Waals surface area contributed by atoms with Crippen LogP contribution < -0.4 is 15.5 Å². The van der Waals surface area contributed by atoms with Crippen molar-refractivity contribution < 1.29 is 4.21 Å². The normalized spacial score (nSPS) is 17.7. The van der Waals surface area contributed by atoms with Gasteiger partial charge in [-0.2, -0.15) is 0 Å². The van der Waals surface area contributed by atoms with E-state index in [1.807, 2.05) is 30.3 Å². The van der Waals surface area contributed by atoms with Crippen molar-refractivity contribution in [2.24, 2.45) is 4.99 Å². The van der Waals surface area contributed by atoms with Crippen molar-refractivity contribution in [2.75, 3.05) is 37.3 Å². The van der Waals surface area contributed by atoms with Crippen LogP contribution in [-0.2, 0) is 16.6 Å². The summed E-state index contributed by atoms with van der Waals surface area (Å²) >= 11 is 0. The van der Waals surface area contributed by atoms with Gasteiger partial charge in [0.15, 0.2) is 5.96 Å². The first kappa shape index (κ1) is 24.7. The number of rotatable bonds is 7. The van der Waals surface area contributed by atoms with Crippen molar-refractivity contribution in [2.45, 2.75) is 31.6 Å². The maximum atomic E-state index is 12.3. The standard InChI is InChI=1S/C23H32N4OS.HI/c1-19-10-12-22(13-11-19)27-15-6-9-21(17-27)26-23(24-2)25-14-16-29(28)18-20-7-4-3-5-8-20;/h3-5,7-8,10-13,21H,6,9,14-18H2,1-2H3,(H2,24,25,26);1H. The lowest BCUT2D eigenvalue weighted by molar-refractivity contribution is 0.468. The van der Waals surface area contributed by atoms with Crippen LogP contribution in [0.15, 0.2) is 59.6 Å². The minimum Gasteiger partial charge on any atom is -0.369 e. The van der Waals surface area contributed by atoms with Crippen LogP contribution in [0.2, 0.25) is 0 Å². The van der Waals surface area contributed by atoms with Gasteiger partial charge in [-0.15, -0.1) is 24.0 Å². The Balaban J connectivity index is 0.00000320. The lowest BCUT2D eigenvalue weighted by Gasteiger charge is -2.35. The first-order valence-electron chi connectivity index (χ1n) is 10.3. The highest BCUT2D eigenvalue weighted by Gasteiger charge is 2.21. The second-order valence-electron chi connectivity index (χ2n) is 7.54. The SMILES string of the molecule is CN=C(NCCS(=O)Cc1ccccc1)NC1CCCN(c2ccc(C)cc2)C1.I. The van der Waals surface area contributed by atoms with E-state index in [0.717, 1.165) is 37.5 Å². The smallest absolute Gasteiger partial charge is 0.191 e. The van der Waals surface area contributed by atoms with Crippen LogP contribution in [0.3, 0.4) is 0 Å². The minimum atomic E-state index is -0.882. The molecule has 7 heteroatoms. The summed E-state index contributed by atoms with van der Waals surface area (Å²) in [5.74, 6) is 2.00. The van der Waals surface area contributed by atoms with Gasteiger partial charge in [-0.3, -0.25) is 9.20 Å². The van der Waals surface area contributed by atoms with E-state index in [1.54, 1.807) is 7.05 Å². The molecule has 0 aliphatic carbocycles. The monoisotopic (exact) mass is 540 g/mol. The summed E-state index contributed by atoms with van der Waals surface area (Å²) in [5, 5.41) is 6.86. The maximum absolute atomic E-state index is 12.3. The van der Waals surface area contributed by atoms with Gasteiger partial charge >= 0.3 is 0 Å². The van der Waals surface area contributed by atoms with E-state index in [9.17, 15) is 4.21 Å². The topological polar surface area (TPSA) is 56.7 Å². The summed E-state index contributed by atoms with van der Waals surface area (Å²) in [6.07, 6.45) is 2.28. The summed E-state index contributed by atoms with van der Waals surface area (Å²) in [5.41, 5.74) is 3.68. The molecule has 0 amide bonds. The fourth-order valence-corrected chi connectivity index (χ4v) is 4.63. The highest BCUT2D eigenvalue weighted by Crippen LogP contribution is 2.20. The van der Waals surface area contributed by atoms with Gasteiger partial charge in [0.2, 0.25) is 0 Å². The molecule has 2 atom stereocenters. The van der Waals surface area contributed by atoms with Gasteiger partial charge in [0.1, 0.15) is 0 Å². The fourth-order valence-electron chi connectivity index (χ4n) is 3.59. The summed E-state index contributed by atoms with van der Waals surface area (Å²) in [6.45, 7) is 4.82. The Morgan fingerprint density at radius 3 is 2.60 bits per heavy atom. The minimum absolute atomic E-state index is 0. The van der Waals surface area contributed by atoms with Crippen molar-refractivity contribution in [3.8, 4) is 0 Å². The van der Waals surface area contributed by atoms with Crippen LogP contribution in [-0.4, -0.2) is 48.6 Å². The van der Waals surface area contributed by atoms with E-state index in [4.69, 9.17) is 0 Å². The molecule has 2 unspecified atom stereocenters. The zero-order valence-electron chi connectivity index (χ0n) is 17.8. The highest BCUT2D eigenvalue weighted by atomic mass is 127. The predicted octanol–water partition coefficient (Wildman–Crippen LogP) is 3.70. The number of nitrogens with zero attached hydrogens (tertiary/aromatic N) is 2. The Morgan fingerprint density at radius 2 is 1.90 bits per heavy atom. The lowest BCUT2D eigenvalue weighted by atomic mass is 10.0. The molecule has 1 aliphatic rings. The molecule has 1 heterocycles. The first-order chi connectivity index (χ1) is 14.1. The number of guanidine groups is 1. The number of aliphatic imine (C=N–C) groups is 1. The van der Waals surface area contributed by atoms with Crippen molar-refractivity contribution in [1.29, 1.82) is 0 Å². The van der Waals surface area contributed by atoms with Crippen LogP contribution >= 0.6 is 24.0 Å². The Hall–Kier alpha value is -1.61. The Bertz CT molecular complexity index is 814. The first-order valence-corrected chi connectivity index (χ1v) is 11.8. The summed E-state index contributed by atoms with van der Waals surface area (Å²) < 4.78 is 12.3. The summed E-state index contributed by atoms with van der Waals surface area (Å²) in [7, 11) is 0.906. The molecule has 2 aromatic carbocycles. The molecule has 3 rings (SSSR count). The molecule has 164 valence electrons. The summed E-state index contributed by atoms with van der Waals surface area (Å²) in [6, 6.07) is 19.1. The molecule has 1 saturated heterocycles. The van der Waals surface area contributed by atoms with Gasteiger partial charge in [-0.1, -0.05) is 48.0 Å². The van der Waals surface area contributed by atoms with E-state index in [0.29, 0.717) is 24.1 Å². The van der Waals surface area contributed by atoms with Crippen molar-refractivity contribution >= 4 is 46.4 Å². The number of benzene rings is 2. The van der Waals surface area contributed by atoms with Gasteiger partial charge in [0, 0.05) is 60.7 Å². The van der Waals surface area contributed by atoms with Gasteiger partial charge < -0.3 is 15.5 Å². The van der Waals surface area contributed by atoms with E-state index in [1.165, 1.54) is 11.3 Å². The number of halogens is 1. The van der Waals surface area contributed by atoms with Gasteiger partial charge in [0.05, 0.1) is 0 Å². The third-order valence-electron chi connectivity index (χ3n) is 5.18. The highest BCUT2D eigenvalue weighted by molar-refractivity contribution is 14.0. The number of hydrogen-bond acceptors (Lipinski definition) is 3. The summed E-state index contributed by atoms with van der Waals surface area (Å²) in [4.78, 5) is 6.78. The Morgan fingerprint density at radius 1 is 1.17 bits per heavy atom. The predicted molar refractivity (Wildman–Crippen MR) is 139 cm³/mol. The van der Waals surface area contributed by atoms with Crippen molar-refractivity contribution in [3.63, 3.8) is 0 Å². The van der Waals surface area contributed by atoms with Crippen LogP contribution in [0.5, 0.6) is 0 Å². The maximum Gasteiger partial charge on any atom is 0.191 e. The average Bonchev–Trinajstić information content (AvgIpc) is 2.74. The largest absolute Gasteiger partial charge is 0.369 e. The Kier molecular flexibility index (Phi) is 10.6. The molecule has 2 aromatic rings. The molecule has 5 nitrogen and oxygen atoms in total. The van der Waals surface area contributed by atoms with Crippen LogP contribution in [0.4, 0.5) is 5.69 Å². The molecule has 0 saturated carbocycles. The van der Waals surface area contributed by atoms with Gasteiger partial charge in [-0.25, -0.2) is 0 Å². The number of nitrogens with one attached hydrogen (secondary N) is 2. The number of anilines is 1. The third-order valence-corrected chi connectivity index (χ3v) is 6.49. The number of aryl methyl sites for hydroxylation is 1. The quantitative estimate of drug-likeness (QED) is 0.320. The molecule has 1 fully saturated rings. The van der Waals surface area contributed by atoms with Crippen molar-refractivity contribution in [1.82, 2.24) is 10.6 Å². The molecular weight excluding hydrogens is 507 g/mol. The van der Waals surface area contributed by atoms with Crippen LogP contribution in [0.1, 0.15) is 24.0 Å². The second kappa shape index (κ2) is 12.9. The second-order valence-corrected chi connectivity index (χ2v) is 9.11. The molecule has 0 spiro atoms. The lowest BCUT2D eigenvalue weighted by Crippen LogP contribution is -2.51. The number of hydrogen-bond donors (Lipinski definition) is 2. The molecule has 0 bridgehead atoms. The molecule has 0 radical (unpaired) electrons. The average molecular weight is 541 g/mol. The van der Waals surface area contributed by atoms with Crippen molar-refractivity contribution in [3.05, 3.63) is 65.7 Å². The molecule has 0 aromatic heterocycles.